The average molecular weight is 481 g/mol. The van der Waals surface area contributed by atoms with Crippen molar-refractivity contribution in [2.75, 3.05) is 12.4 Å². The lowest BCUT2D eigenvalue weighted by Crippen LogP contribution is -2.14. The number of halogens is 2. The van der Waals surface area contributed by atoms with Gasteiger partial charge >= 0.3 is 0 Å². The zero-order chi connectivity index (χ0) is 22.2. The van der Waals surface area contributed by atoms with Gasteiger partial charge in [0.25, 0.3) is 5.91 Å². The van der Waals surface area contributed by atoms with E-state index >= 15 is 0 Å². The summed E-state index contributed by atoms with van der Waals surface area (Å²) in [7, 11) is 1.51. The number of carbonyl (C=O) groups is 1. The van der Waals surface area contributed by atoms with Crippen molar-refractivity contribution in [3.05, 3.63) is 93.7 Å². The molecule has 1 N–H and O–H groups in total. The van der Waals surface area contributed by atoms with Crippen molar-refractivity contribution in [3.63, 3.8) is 0 Å². The number of amides is 1. The van der Waals surface area contributed by atoms with Crippen LogP contribution in [0.4, 0.5) is 10.1 Å². The molecule has 0 bridgehead atoms. The van der Waals surface area contributed by atoms with Crippen molar-refractivity contribution in [3.8, 4) is 17.6 Å². The molecule has 0 aliphatic carbocycles. The van der Waals surface area contributed by atoms with Gasteiger partial charge in [-0.3, -0.25) is 4.79 Å². The van der Waals surface area contributed by atoms with Crippen molar-refractivity contribution in [1.82, 2.24) is 0 Å². The number of ether oxygens (including phenoxy) is 2. The number of nitrogens with zero attached hydrogens (tertiary/aromatic N) is 1. The number of anilines is 1. The van der Waals surface area contributed by atoms with Gasteiger partial charge in [0.15, 0.2) is 11.5 Å². The molecule has 3 rings (SSSR count). The second kappa shape index (κ2) is 10.4. The van der Waals surface area contributed by atoms with Gasteiger partial charge in [0.2, 0.25) is 0 Å². The van der Waals surface area contributed by atoms with E-state index < -0.39 is 11.7 Å². The molecule has 0 aromatic heterocycles. The monoisotopic (exact) mass is 480 g/mol. The van der Waals surface area contributed by atoms with Crippen LogP contribution in [0.3, 0.4) is 0 Å². The molecule has 0 atom stereocenters. The Kier molecular flexibility index (Phi) is 7.41. The highest BCUT2D eigenvalue weighted by atomic mass is 79.9. The summed E-state index contributed by atoms with van der Waals surface area (Å²) in [5, 5.41) is 11.9. The molecule has 0 unspecified atom stereocenters. The van der Waals surface area contributed by atoms with Crippen molar-refractivity contribution in [2.24, 2.45) is 0 Å². The number of hydrogen-bond acceptors (Lipinski definition) is 4. The average Bonchev–Trinajstić information content (AvgIpc) is 2.78. The Hall–Kier alpha value is -3.63. The van der Waals surface area contributed by atoms with E-state index in [2.05, 4.69) is 21.2 Å². The van der Waals surface area contributed by atoms with Crippen molar-refractivity contribution in [2.45, 2.75) is 6.61 Å². The highest BCUT2D eigenvalue weighted by Gasteiger charge is 2.15. The summed E-state index contributed by atoms with van der Waals surface area (Å²) >= 11 is 3.39. The first-order valence-electron chi connectivity index (χ1n) is 9.23. The Bertz CT molecular complexity index is 1150. The zero-order valence-electron chi connectivity index (χ0n) is 16.6. The molecule has 156 valence electrons. The molecule has 3 aromatic carbocycles. The van der Waals surface area contributed by atoms with Crippen molar-refractivity contribution in [1.29, 1.82) is 5.26 Å². The van der Waals surface area contributed by atoms with Crippen LogP contribution < -0.4 is 14.8 Å². The molecule has 0 heterocycles. The molecule has 0 aliphatic rings. The summed E-state index contributed by atoms with van der Waals surface area (Å²) in [6.07, 6.45) is 1.38. The number of nitriles is 1. The molecule has 31 heavy (non-hydrogen) atoms. The van der Waals surface area contributed by atoms with Crippen LogP contribution in [0.25, 0.3) is 6.08 Å². The van der Waals surface area contributed by atoms with Crippen LogP contribution in [-0.4, -0.2) is 13.0 Å². The first-order chi connectivity index (χ1) is 15.0. The van der Waals surface area contributed by atoms with Gasteiger partial charge in [0.1, 0.15) is 24.1 Å². The number of benzene rings is 3. The lowest BCUT2D eigenvalue weighted by Gasteiger charge is -2.14. The van der Waals surface area contributed by atoms with Crippen molar-refractivity contribution < 1.29 is 18.7 Å². The second-order valence-electron chi connectivity index (χ2n) is 6.40. The van der Waals surface area contributed by atoms with E-state index in [0.717, 1.165) is 10.0 Å². The number of rotatable bonds is 7. The fourth-order valence-corrected chi connectivity index (χ4v) is 3.02. The van der Waals surface area contributed by atoms with Crippen LogP contribution in [0.5, 0.6) is 11.5 Å². The minimum absolute atomic E-state index is 0.00833. The Balaban J connectivity index is 1.88. The van der Waals surface area contributed by atoms with Crippen LogP contribution in [0, 0.1) is 17.1 Å². The zero-order valence-corrected chi connectivity index (χ0v) is 18.1. The molecule has 0 spiro atoms. The van der Waals surface area contributed by atoms with Crippen molar-refractivity contribution >= 4 is 33.6 Å². The maximum atomic E-state index is 13.8. The van der Waals surface area contributed by atoms with E-state index in [1.807, 2.05) is 30.3 Å². The lowest BCUT2D eigenvalue weighted by molar-refractivity contribution is -0.112. The standard InChI is InChI=1S/C24H18BrFN2O3/c1-30-22-8-4-5-17(23(22)31-15-16-9-11-19(25)12-10-16)13-18(14-27)24(29)28-21-7-3-2-6-20(21)26/h2-13H,15H2,1H3,(H,28,29). The molecule has 0 saturated carbocycles. The van der Waals surface area contributed by atoms with Gasteiger partial charge in [-0.1, -0.05) is 52.3 Å². The molecule has 0 fully saturated rings. The fraction of sp³-hybridized carbons (Fsp3) is 0.0833. The van der Waals surface area contributed by atoms with E-state index in [1.54, 1.807) is 24.3 Å². The van der Waals surface area contributed by atoms with Gasteiger partial charge in [-0.2, -0.15) is 5.26 Å². The first kappa shape index (κ1) is 22.1. The van der Waals surface area contributed by atoms with Crippen LogP contribution in [0.15, 0.2) is 76.8 Å². The van der Waals surface area contributed by atoms with Gasteiger partial charge < -0.3 is 14.8 Å². The SMILES string of the molecule is COc1cccc(C=C(C#N)C(=O)Nc2ccccc2F)c1OCc1ccc(Br)cc1. The number of hydrogen-bond donors (Lipinski definition) is 1. The summed E-state index contributed by atoms with van der Waals surface area (Å²) in [5.41, 5.74) is 1.20. The maximum Gasteiger partial charge on any atom is 0.266 e. The topological polar surface area (TPSA) is 71.3 Å². The summed E-state index contributed by atoms with van der Waals surface area (Å²) in [6, 6.07) is 20.4. The molecule has 7 heteroatoms. The van der Waals surface area contributed by atoms with Gasteiger partial charge in [-0.05, 0) is 42.0 Å². The van der Waals surface area contributed by atoms with E-state index in [1.165, 1.54) is 31.4 Å². The number of nitrogens with one attached hydrogen (secondary N) is 1. The summed E-state index contributed by atoms with van der Waals surface area (Å²) in [5.74, 6) is -0.473. The highest BCUT2D eigenvalue weighted by Crippen LogP contribution is 2.33. The Morgan fingerprint density at radius 2 is 1.87 bits per heavy atom. The van der Waals surface area contributed by atoms with E-state index in [4.69, 9.17) is 9.47 Å². The van der Waals surface area contributed by atoms with Crippen LogP contribution >= 0.6 is 15.9 Å². The fourth-order valence-electron chi connectivity index (χ4n) is 2.75. The molecule has 3 aromatic rings. The van der Waals surface area contributed by atoms with E-state index in [9.17, 15) is 14.4 Å². The summed E-state index contributed by atoms with van der Waals surface area (Å²) < 4.78 is 26.1. The molecular formula is C24H18BrFN2O3. The van der Waals surface area contributed by atoms with Gasteiger partial charge in [0, 0.05) is 10.0 Å². The molecule has 0 aliphatic heterocycles. The lowest BCUT2D eigenvalue weighted by atomic mass is 10.1. The maximum absolute atomic E-state index is 13.8. The van der Waals surface area contributed by atoms with E-state index in [0.29, 0.717) is 17.1 Å². The largest absolute Gasteiger partial charge is 0.493 e. The van der Waals surface area contributed by atoms with Gasteiger partial charge in [0.05, 0.1) is 12.8 Å². The van der Waals surface area contributed by atoms with E-state index in [-0.39, 0.29) is 17.9 Å². The molecule has 0 radical (unpaired) electrons. The van der Waals surface area contributed by atoms with Gasteiger partial charge in [-0.15, -0.1) is 0 Å². The van der Waals surface area contributed by atoms with Crippen LogP contribution in [-0.2, 0) is 11.4 Å². The molecule has 1 amide bonds. The predicted octanol–water partition coefficient (Wildman–Crippen LogP) is 5.72. The number of para-hydroxylation sites is 2. The van der Waals surface area contributed by atoms with Crippen LogP contribution in [0.1, 0.15) is 11.1 Å². The molecule has 0 saturated heterocycles. The number of methoxy groups -OCH3 is 1. The third-order valence-corrected chi connectivity index (χ3v) is 4.84. The third-order valence-electron chi connectivity index (χ3n) is 4.31. The third kappa shape index (κ3) is 5.71. The Morgan fingerprint density at radius 3 is 2.55 bits per heavy atom. The number of carbonyl (C=O) groups excluding carboxylic acids is 1. The quantitative estimate of drug-likeness (QED) is 0.346. The highest BCUT2D eigenvalue weighted by molar-refractivity contribution is 9.10. The summed E-state index contributed by atoms with van der Waals surface area (Å²) in [4.78, 5) is 12.5. The van der Waals surface area contributed by atoms with Crippen LogP contribution in [0.2, 0.25) is 0 Å². The summed E-state index contributed by atoms with van der Waals surface area (Å²) in [6.45, 7) is 0.262. The second-order valence-corrected chi connectivity index (χ2v) is 7.31. The normalized spacial score (nSPS) is 10.8. The minimum Gasteiger partial charge on any atom is -0.493 e. The first-order valence-corrected chi connectivity index (χ1v) is 10.0. The smallest absolute Gasteiger partial charge is 0.266 e. The molecular weight excluding hydrogens is 463 g/mol. The minimum atomic E-state index is -0.728. The van der Waals surface area contributed by atoms with Gasteiger partial charge in [-0.25, -0.2) is 4.39 Å². The Labute approximate surface area is 187 Å². The predicted molar refractivity (Wildman–Crippen MR) is 120 cm³/mol. The molecule has 5 nitrogen and oxygen atoms in total. The Morgan fingerprint density at radius 1 is 1.13 bits per heavy atom.